The summed E-state index contributed by atoms with van der Waals surface area (Å²) in [6, 6.07) is 2.78. The molecule has 1 aliphatic heterocycles. The van der Waals surface area contributed by atoms with Crippen molar-refractivity contribution in [3.8, 4) is 0 Å². The van der Waals surface area contributed by atoms with Crippen LogP contribution < -0.4 is 10.2 Å². The summed E-state index contributed by atoms with van der Waals surface area (Å²) in [6.45, 7) is 2.61. The highest BCUT2D eigenvalue weighted by Crippen LogP contribution is 2.24. The van der Waals surface area contributed by atoms with Gasteiger partial charge in [-0.3, -0.25) is 0 Å². The Hall–Kier alpha value is -0.840. The number of ether oxygens (including phenoxy) is 1. The van der Waals surface area contributed by atoms with Gasteiger partial charge in [0.15, 0.2) is 0 Å². The van der Waals surface area contributed by atoms with E-state index in [1.165, 1.54) is 25.7 Å². The first-order valence-electron chi connectivity index (χ1n) is 7.93. The Bertz CT molecular complexity index is 473. The van der Waals surface area contributed by atoms with Crippen LogP contribution >= 0.6 is 11.6 Å². The zero-order chi connectivity index (χ0) is 14.7. The van der Waals surface area contributed by atoms with E-state index in [4.69, 9.17) is 16.3 Å². The molecule has 0 bridgehead atoms. The molecule has 2 fully saturated rings. The van der Waals surface area contributed by atoms with Crippen molar-refractivity contribution in [2.45, 2.75) is 50.8 Å². The van der Waals surface area contributed by atoms with E-state index in [0.29, 0.717) is 12.1 Å². The SMILES string of the molecule is CN(CC1CCCCO1)c1cc(CNC2CC2)c(Cl)cn1. The van der Waals surface area contributed by atoms with Crippen molar-refractivity contribution in [3.05, 3.63) is 22.8 Å². The van der Waals surface area contributed by atoms with Gasteiger partial charge in [-0.15, -0.1) is 0 Å². The number of likely N-dealkylation sites (N-methyl/N-ethyl adjacent to an activating group) is 1. The van der Waals surface area contributed by atoms with Gasteiger partial charge < -0.3 is 15.0 Å². The Labute approximate surface area is 131 Å². The van der Waals surface area contributed by atoms with Crippen LogP contribution in [0.15, 0.2) is 12.3 Å². The average molecular weight is 310 g/mol. The number of rotatable bonds is 6. The monoisotopic (exact) mass is 309 g/mol. The first-order chi connectivity index (χ1) is 10.2. The molecule has 0 spiro atoms. The molecule has 0 amide bonds. The number of nitrogens with one attached hydrogen (secondary N) is 1. The number of nitrogens with zero attached hydrogens (tertiary/aromatic N) is 2. The van der Waals surface area contributed by atoms with E-state index in [9.17, 15) is 0 Å². The molecule has 1 aliphatic carbocycles. The molecule has 0 aromatic carbocycles. The van der Waals surface area contributed by atoms with Crippen LogP contribution in [0.5, 0.6) is 0 Å². The smallest absolute Gasteiger partial charge is 0.128 e. The Kier molecular flexibility index (Phi) is 4.99. The maximum atomic E-state index is 6.25. The fraction of sp³-hybridized carbons (Fsp3) is 0.688. The van der Waals surface area contributed by atoms with Crippen molar-refractivity contribution in [3.63, 3.8) is 0 Å². The van der Waals surface area contributed by atoms with Crippen LogP contribution in [0.2, 0.25) is 5.02 Å². The molecule has 1 saturated heterocycles. The molecule has 4 nitrogen and oxygen atoms in total. The van der Waals surface area contributed by atoms with Gasteiger partial charge in [-0.25, -0.2) is 4.98 Å². The first kappa shape index (κ1) is 15.1. The molecule has 1 aromatic heterocycles. The van der Waals surface area contributed by atoms with Gasteiger partial charge in [0, 0.05) is 39.0 Å². The van der Waals surface area contributed by atoms with Gasteiger partial charge in [-0.05, 0) is 43.7 Å². The van der Waals surface area contributed by atoms with Crippen molar-refractivity contribution < 1.29 is 4.74 Å². The van der Waals surface area contributed by atoms with E-state index in [0.717, 1.165) is 42.5 Å². The normalized spacial score (nSPS) is 22.3. The van der Waals surface area contributed by atoms with Crippen molar-refractivity contribution in [2.75, 3.05) is 25.1 Å². The Morgan fingerprint density at radius 3 is 2.95 bits per heavy atom. The van der Waals surface area contributed by atoms with Crippen LogP contribution in [0.1, 0.15) is 37.7 Å². The predicted octanol–water partition coefficient (Wildman–Crippen LogP) is 2.99. The summed E-state index contributed by atoms with van der Waals surface area (Å²) < 4.78 is 5.80. The Morgan fingerprint density at radius 2 is 2.24 bits per heavy atom. The van der Waals surface area contributed by atoms with Crippen molar-refractivity contribution in [1.82, 2.24) is 10.3 Å². The zero-order valence-electron chi connectivity index (χ0n) is 12.6. The van der Waals surface area contributed by atoms with Gasteiger partial charge in [-0.1, -0.05) is 11.6 Å². The second kappa shape index (κ2) is 6.95. The highest BCUT2D eigenvalue weighted by atomic mass is 35.5. The van der Waals surface area contributed by atoms with Crippen molar-refractivity contribution in [2.24, 2.45) is 0 Å². The van der Waals surface area contributed by atoms with Crippen LogP contribution in [0.4, 0.5) is 5.82 Å². The highest BCUT2D eigenvalue weighted by molar-refractivity contribution is 6.31. The molecule has 1 unspecified atom stereocenters. The van der Waals surface area contributed by atoms with Gasteiger partial charge in [0.05, 0.1) is 11.1 Å². The Morgan fingerprint density at radius 1 is 1.38 bits per heavy atom. The van der Waals surface area contributed by atoms with E-state index in [2.05, 4.69) is 28.3 Å². The van der Waals surface area contributed by atoms with Crippen LogP contribution in [0.25, 0.3) is 0 Å². The summed E-state index contributed by atoms with van der Waals surface area (Å²) in [5, 5.41) is 4.25. The highest BCUT2D eigenvalue weighted by Gasteiger charge is 2.21. The number of anilines is 1. The molecule has 2 aliphatic rings. The fourth-order valence-electron chi connectivity index (χ4n) is 2.70. The molecule has 1 atom stereocenters. The number of halogens is 1. The molecule has 21 heavy (non-hydrogen) atoms. The summed E-state index contributed by atoms with van der Waals surface area (Å²) in [4.78, 5) is 6.63. The molecular formula is C16H24ClN3O. The average Bonchev–Trinajstić information content (AvgIpc) is 3.31. The molecule has 1 N–H and O–H groups in total. The topological polar surface area (TPSA) is 37.4 Å². The second-order valence-electron chi connectivity index (χ2n) is 6.16. The third kappa shape index (κ3) is 4.31. The van der Waals surface area contributed by atoms with E-state index in [1.54, 1.807) is 6.20 Å². The lowest BCUT2D eigenvalue weighted by Gasteiger charge is -2.28. The first-order valence-corrected chi connectivity index (χ1v) is 8.30. The third-order valence-electron chi connectivity index (χ3n) is 4.22. The minimum atomic E-state index is 0.328. The molecule has 5 heteroatoms. The quantitative estimate of drug-likeness (QED) is 0.876. The van der Waals surface area contributed by atoms with Crippen molar-refractivity contribution in [1.29, 1.82) is 0 Å². The lowest BCUT2D eigenvalue weighted by Crippen LogP contribution is -2.33. The van der Waals surface area contributed by atoms with Gasteiger partial charge in [0.2, 0.25) is 0 Å². The van der Waals surface area contributed by atoms with Gasteiger partial charge in [0.25, 0.3) is 0 Å². The van der Waals surface area contributed by atoms with Crippen LogP contribution in [0, 0.1) is 0 Å². The summed E-state index contributed by atoms with van der Waals surface area (Å²) in [5.41, 5.74) is 1.13. The third-order valence-corrected chi connectivity index (χ3v) is 4.56. The fourth-order valence-corrected chi connectivity index (χ4v) is 2.87. The van der Waals surface area contributed by atoms with E-state index >= 15 is 0 Å². The Balaban J connectivity index is 1.61. The van der Waals surface area contributed by atoms with Crippen LogP contribution in [-0.2, 0) is 11.3 Å². The minimum Gasteiger partial charge on any atom is -0.376 e. The summed E-state index contributed by atoms with van der Waals surface area (Å²) in [5.74, 6) is 0.973. The number of hydrogen-bond donors (Lipinski definition) is 1. The molecule has 1 aromatic rings. The van der Waals surface area contributed by atoms with Gasteiger partial charge in [0.1, 0.15) is 5.82 Å². The summed E-state index contributed by atoms with van der Waals surface area (Å²) in [6.07, 6.45) is 8.27. The lowest BCUT2D eigenvalue weighted by atomic mass is 10.1. The summed E-state index contributed by atoms with van der Waals surface area (Å²) in [7, 11) is 2.08. The molecule has 3 rings (SSSR count). The largest absolute Gasteiger partial charge is 0.376 e. The van der Waals surface area contributed by atoms with Crippen LogP contribution in [-0.4, -0.2) is 37.3 Å². The maximum Gasteiger partial charge on any atom is 0.128 e. The van der Waals surface area contributed by atoms with Crippen molar-refractivity contribution >= 4 is 17.4 Å². The molecule has 2 heterocycles. The lowest BCUT2D eigenvalue weighted by molar-refractivity contribution is 0.0215. The van der Waals surface area contributed by atoms with E-state index < -0.39 is 0 Å². The van der Waals surface area contributed by atoms with Gasteiger partial charge >= 0.3 is 0 Å². The molecule has 1 saturated carbocycles. The van der Waals surface area contributed by atoms with Gasteiger partial charge in [-0.2, -0.15) is 0 Å². The maximum absolute atomic E-state index is 6.25. The predicted molar refractivity (Wildman–Crippen MR) is 86.0 cm³/mol. The molecule has 0 radical (unpaired) electrons. The number of hydrogen-bond acceptors (Lipinski definition) is 4. The molecule has 116 valence electrons. The minimum absolute atomic E-state index is 0.328. The second-order valence-corrected chi connectivity index (χ2v) is 6.57. The van der Waals surface area contributed by atoms with E-state index in [-0.39, 0.29) is 0 Å². The summed E-state index contributed by atoms with van der Waals surface area (Å²) >= 11 is 6.25. The number of aromatic nitrogens is 1. The standard InChI is InChI=1S/C16H24ClN3O/c1-20(11-14-4-2-3-7-21-14)16-8-12(15(17)10-19-16)9-18-13-5-6-13/h8,10,13-14,18H,2-7,9,11H2,1H3. The number of pyridine rings is 1. The van der Waals surface area contributed by atoms with E-state index in [1.807, 2.05) is 0 Å². The van der Waals surface area contributed by atoms with Crippen LogP contribution in [0.3, 0.4) is 0 Å². The molecular weight excluding hydrogens is 286 g/mol. The zero-order valence-corrected chi connectivity index (χ0v) is 13.4.